The van der Waals surface area contributed by atoms with Gasteiger partial charge in [0.15, 0.2) is 5.11 Å². The number of carbonyl (C=O) groups excluding carboxylic acids is 1. The quantitative estimate of drug-likeness (QED) is 0.317. The molecule has 3 rings (SSSR count). The average molecular weight is 455 g/mol. The Morgan fingerprint density at radius 1 is 1.16 bits per heavy atom. The van der Waals surface area contributed by atoms with E-state index < -0.39 is 0 Å². The first kappa shape index (κ1) is 23.3. The Bertz CT molecular complexity index is 1080. The highest BCUT2D eigenvalue weighted by Crippen LogP contribution is 2.33. The van der Waals surface area contributed by atoms with E-state index in [9.17, 15) is 9.90 Å². The van der Waals surface area contributed by atoms with Crippen LogP contribution in [0.15, 0.2) is 59.0 Å². The van der Waals surface area contributed by atoms with Crippen LogP contribution in [0.3, 0.4) is 0 Å². The lowest BCUT2D eigenvalue weighted by Gasteiger charge is -2.13. The number of amides is 1. The molecule has 0 atom stereocenters. The number of anilines is 1. The number of aliphatic hydroxyl groups is 1. The molecule has 8 heteroatoms. The van der Waals surface area contributed by atoms with Crippen LogP contribution in [0.1, 0.15) is 35.9 Å². The Labute approximate surface area is 192 Å². The molecule has 1 amide bonds. The summed E-state index contributed by atoms with van der Waals surface area (Å²) in [7, 11) is 1.55. The number of aliphatic hydroxyl groups excluding tert-OH is 1. The van der Waals surface area contributed by atoms with Gasteiger partial charge in [0, 0.05) is 17.3 Å². The number of thiocarbonyl (C=S) groups is 1. The van der Waals surface area contributed by atoms with Gasteiger partial charge in [0.1, 0.15) is 29.6 Å². The smallest absolute Gasteiger partial charge is 0.257 e. The molecule has 1 aromatic heterocycles. The summed E-state index contributed by atoms with van der Waals surface area (Å²) in [6.45, 7) is 2.52. The molecular weight excluding hydrogens is 428 g/mol. The normalized spacial score (nSPS) is 10.5. The maximum absolute atomic E-state index is 12.6. The Morgan fingerprint density at radius 3 is 2.72 bits per heavy atom. The van der Waals surface area contributed by atoms with Gasteiger partial charge in [0.25, 0.3) is 5.91 Å². The molecule has 0 unspecified atom stereocenters. The van der Waals surface area contributed by atoms with Crippen LogP contribution in [-0.2, 0) is 6.61 Å². The predicted molar refractivity (Wildman–Crippen MR) is 127 cm³/mol. The van der Waals surface area contributed by atoms with Gasteiger partial charge in [-0.25, -0.2) is 0 Å². The third-order valence-electron chi connectivity index (χ3n) is 4.63. The van der Waals surface area contributed by atoms with Crippen molar-refractivity contribution < 1.29 is 23.8 Å². The molecule has 1 heterocycles. The molecule has 0 bridgehead atoms. The SMILES string of the molecule is CCCCOc1cccc(C(=O)NC(=S)Nc2ccc(-c3ccc(CO)o3)c(OC)c2)c1. The highest BCUT2D eigenvalue weighted by molar-refractivity contribution is 7.80. The Morgan fingerprint density at radius 2 is 2.00 bits per heavy atom. The van der Waals surface area contributed by atoms with Gasteiger partial charge < -0.3 is 24.3 Å². The molecular formula is C24H26N2O5S. The first-order valence-electron chi connectivity index (χ1n) is 10.3. The molecule has 0 fully saturated rings. The minimum atomic E-state index is -0.334. The first-order valence-corrected chi connectivity index (χ1v) is 10.7. The van der Waals surface area contributed by atoms with Gasteiger partial charge in [-0.2, -0.15) is 0 Å². The van der Waals surface area contributed by atoms with E-state index in [4.69, 9.17) is 26.1 Å². The number of methoxy groups -OCH3 is 1. The van der Waals surface area contributed by atoms with Crippen LogP contribution >= 0.6 is 12.2 Å². The van der Waals surface area contributed by atoms with E-state index in [1.807, 2.05) is 12.1 Å². The fraction of sp³-hybridized carbons (Fsp3) is 0.250. The van der Waals surface area contributed by atoms with Crippen molar-refractivity contribution in [3.63, 3.8) is 0 Å². The van der Waals surface area contributed by atoms with Crippen molar-refractivity contribution in [1.29, 1.82) is 0 Å². The number of unbranched alkanes of at least 4 members (excludes halogenated alkanes) is 1. The van der Waals surface area contributed by atoms with E-state index in [0.29, 0.717) is 40.9 Å². The van der Waals surface area contributed by atoms with E-state index in [1.165, 1.54) is 0 Å². The van der Waals surface area contributed by atoms with E-state index in [1.54, 1.807) is 49.6 Å². The summed E-state index contributed by atoms with van der Waals surface area (Å²) in [4.78, 5) is 12.6. The number of hydrogen-bond donors (Lipinski definition) is 3. The van der Waals surface area contributed by atoms with Crippen LogP contribution in [0, 0.1) is 0 Å². The zero-order valence-electron chi connectivity index (χ0n) is 18.0. The molecule has 0 saturated heterocycles. The largest absolute Gasteiger partial charge is 0.496 e. The van der Waals surface area contributed by atoms with Gasteiger partial charge in [-0.3, -0.25) is 10.1 Å². The second-order valence-corrected chi connectivity index (χ2v) is 7.39. The van der Waals surface area contributed by atoms with Crippen molar-refractivity contribution in [3.8, 4) is 22.8 Å². The number of nitrogens with one attached hydrogen (secondary N) is 2. The van der Waals surface area contributed by atoms with Crippen molar-refractivity contribution in [2.75, 3.05) is 19.0 Å². The number of hydrogen-bond acceptors (Lipinski definition) is 6. The van der Waals surface area contributed by atoms with Crippen LogP contribution in [0.25, 0.3) is 11.3 Å². The van der Waals surface area contributed by atoms with Crippen molar-refractivity contribution in [2.45, 2.75) is 26.4 Å². The number of ether oxygens (including phenoxy) is 2. The van der Waals surface area contributed by atoms with Crippen molar-refractivity contribution in [1.82, 2.24) is 5.32 Å². The highest BCUT2D eigenvalue weighted by atomic mass is 32.1. The topological polar surface area (TPSA) is 93.0 Å². The van der Waals surface area contributed by atoms with Crippen LogP contribution in [-0.4, -0.2) is 29.8 Å². The fourth-order valence-electron chi connectivity index (χ4n) is 2.98. The Kier molecular flexibility index (Phi) is 8.24. The lowest BCUT2D eigenvalue weighted by molar-refractivity contribution is 0.0977. The zero-order chi connectivity index (χ0) is 22.9. The molecule has 3 aromatic rings. The van der Waals surface area contributed by atoms with Crippen molar-refractivity contribution >= 4 is 28.9 Å². The van der Waals surface area contributed by atoms with E-state index in [-0.39, 0.29) is 17.6 Å². The summed E-state index contributed by atoms with van der Waals surface area (Å²) in [6.07, 6.45) is 1.99. The fourth-order valence-corrected chi connectivity index (χ4v) is 3.19. The van der Waals surface area contributed by atoms with Gasteiger partial charge in [0.05, 0.1) is 19.3 Å². The highest BCUT2D eigenvalue weighted by Gasteiger charge is 2.13. The molecule has 0 aliphatic rings. The number of furan rings is 1. The molecule has 3 N–H and O–H groups in total. The van der Waals surface area contributed by atoms with Crippen LogP contribution < -0.4 is 20.1 Å². The third kappa shape index (κ3) is 6.09. The maximum atomic E-state index is 12.6. The number of benzene rings is 2. The molecule has 0 aliphatic heterocycles. The van der Waals surface area contributed by atoms with Gasteiger partial charge in [-0.15, -0.1) is 0 Å². The summed E-state index contributed by atoms with van der Waals surface area (Å²) >= 11 is 5.29. The standard InChI is InChI=1S/C24H26N2O5S/c1-3-4-12-30-18-7-5-6-16(13-18)23(28)26-24(32)25-17-8-10-20(22(14-17)29-2)21-11-9-19(15-27)31-21/h5-11,13-14,27H,3-4,12,15H2,1-2H3,(H2,25,26,28,32). The lowest BCUT2D eigenvalue weighted by Crippen LogP contribution is -2.34. The molecule has 0 spiro atoms. The second kappa shape index (κ2) is 11.3. The van der Waals surface area contributed by atoms with E-state index >= 15 is 0 Å². The Balaban J connectivity index is 1.64. The molecule has 0 saturated carbocycles. The molecule has 0 aliphatic carbocycles. The predicted octanol–water partition coefficient (Wildman–Crippen LogP) is 4.75. The molecule has 7 nitrogen and oxygen atoms in total. The summed E-state index contributed by atoms with van der Waals surface area (Å²) in [6, 6.07) is 15.8. The van der Waals surface area contributed by atoms with Gasteiger partial charge in [-0.1, -0.05) is 19.4 Å². The summed E-state index contributed by atoms with van der Waals surface area (Å²) < 4.78 is 16.7. The number of carbonyl (C=O) groups is 1. The third-order valence-corrected chi connectivity index (χ3v) is 4.84. The van der Waals surface area contributed by atoms with Crippen LogP contribution in [0.5, 0.6) is 11.5 Å². The molecule has 168 valence electrons. The number of rotatable bonds is 9. The van der Waals surface area contributed by atoms with E-state index in [0.717, 1.165) is 18.4 Å². The van der Waals surface area contributed by atoms with Gasteiger partial charge in [0.2, 0.25) is 0 Å². The van der Waals surface area contributed by atoms with E-state index in [2.05, 4.69) is 17.6 Å². The zero-order valence-corrected chi connectivity index (χ0v) is 18.8. The molecule has 0 radical (unpaired) electrons. The monoisotopic (exact) mass is 454 g/mol. The van der Waals surface area contributed by atoms with Crippen molar-refractivity contribution in [2.24, 2.45) is 0 Å². The van der Waals surface area contributed by atoms with Gasteiger partial charge >= 0.3 is 0 Å². The maximum Gasteiger partial charge on any atom is 0.257 e. The second-order valence-electron chi connectivity index (χ2n) is 6.98. The van der Waals surface area contributed by atoms with Crippen LogP contribution in [0.2, 0.25) is 0 Å². The molecule has 32 heavy (non-hydrogen) atoms. The van der Waals surface area contributed by atoms with Crippen LogP contribution in [0.4, 0.5) is 5.69 Å². The van der Waals surface area contributed by atoms with Gasteiger partial charge in [-0.05, 0) is 61.1 Å². The summed E-state index contributed by atoms with van der Waals surface area (Å²) in [5, 5.41) is 15.0. The summed E-state index contributed by atoms with van der Waals surface area (Å²) in [5.74, 6) is 1.91. The lowest BCUT2D eigenvalue weighted by atomic mass is 10.1. The minimum Gasteiger partial charge on any atom is -0.496 e. The first-order chi connectivity index (χ1) is 15.5. The van der Waals surface area contributed by atoms with Crippen molar-refractivity contribution in [3.05, 3.63) is 65.9 Å². The Hall–Kier alpha value is -3.36. The molecule has 2 aromatic carbocycles. The minimum absolute atomic E-state index is 0.155. The average Bonchev–Trinajstić information content (AvgIpc) is 3.28. The summed E-state index contributed by atoms with van der Waals surface area (Å²) in [5.41, 5.74) is 1.82.